The third-order valence-electron chi connectivity index (χ3n) is 3.08. The van der Waals surface area contributed by atoms with E-state index >= 15 is 0 Å². The number of anilines is 1. The molecule has 0 aliphatic heterocycles. The molecule has 0 saturated carbocycles. The zero-order valence-electron chi connectivity index (χ0n) is 14.6. The number of rotatable bonds is 7. The minimum Gasteiger partial charge on any atom is -0.495 e. The maximum Gasteiger partial charge on any atom is 0.238 e. The van der Waals surface area contributed by atoms with Crippen LogP contribution in [0, 0.1) is 0 Å². The molecule has 2 N–H and O–H groups in total. The highest BCUT2D eigenvalue weighted by molar-refractivity contribution is 5.94. The lowest BCUT2D eigenvalue weighted by Gasteiger charge is -2.24. The lowest BCUT2D eigenvalue weighted by atomic mass is 10.1. The second-order valence-electron chi connectivity index (χ2n) is 6.35. The number of carbonyl (C=O) groups is 2. The smallest absolute Gasteiger partial charge is 0.238 e. The average molecular weight is 321 g/mol. The molecule has 0 unspecified atom stereocenters. The number of nitrogens with one attached hydrogen (secondary N) is 2. The van der Waals surface area contributed by atoms with Crippen molar-refractivity contribution in [1.29, 1.82) is 0 Å². The van der Waals surface area contributed by atoms with E-state index in [1.807, 2.05) is 39.8 Å². The molecule has 0 aliphatic rings. The van der Waals surface area contributed by atoms with Crippen LogP contribution >= 0.6 is 0 Å². The van der Waals surface area contributed by atoms with Gasteiger partial charge in [-0.3, -0.25) is 14.5 Å². The van der Waals surface area contributed by atoms with E-state index < -0.39 is 0 Å². The first-order valence-corrected chi connectivity index (χ1v) is 7.71. The number of para-hydroxylation sites is 2. The van der Waals surface area contributed by atoms with E-state index in [0.717, 1.165) is 0 Å². The van der Waals surface area contributed by atoms with Crippen LogP contribution in [0.5, 0.6) is 5.75 Å². The summed E-state index contributed by atoms with van der Waals surface area (Å²) in [6, 6.07) is 7.22. The standard InChI is InChI=1S/C17H27N3O3/c1-6-20(12-16(22)19-17(2,3)4)11-15(21)18-13-9-7-8-10-14(13)23-5/h7-10H,6,11-12H2,1-5H3,(H,18,21)(H,19,22). The van der Waals surface area contributed by atoms with Crippen LogP contribution in [-0.2, 0) is 9.59 Å². The molecule has 0 atom stereocenters. The van der Waals surface area contributed by atoms with Crippen LogP contribution in [0.15, 0.2) is 24.3 Å². The summed E-state index contributed by atoms with van der Waals surface area (Å²) in [5.74, 6) is 0.332. The van der Waals surface area contributed by atoms with Gasteiger partial charge in [-0.25, -0.2) is 0 Å². The summed E-state index contributed by atoms with van der Waals surface area (Å²) < 4.78 is 5.20. The van der Waals surface area contributed by atoms with E-state index in [2.05, 4.69) is 10.6 Å². The lowest BCUT2D eigenvalue weighted by molar-refractivity contribution is -0.124. The number of carbonyl (C=O) groups excluding carboxylic acids is 2. The van der Waals surface area contributed by atoms with Crippen molar-refractivity contribution in [3.8, 4) is 5.75 Å². The molecule has 0 bridgehead atoms. The summed E-state index contributed by atoms with van der Waals surface area (Å²) in [5, 5.41) is 5.70. The van der Waals surface area contributed by atoms with Crippen molar-refractivity contribution >= 4 is 17.5 Å². The highest BCUT2D eigenvalue weighted by Crippen LogP contribution is 2.22. The molecule has 2 amide bonds. The normalized spacial score (nSPS) is 11.2. The Morgan fingerprint density at radius 2 is 1.74 bits per heavy atom. The Morgan fingerprint density at radius 3 is 2.30 bits per heavy atom. The summed E-state index contributed by atoms with van der Waals surface area (Å²) in [6.45, 7) is 8.64. The van der Waals surface area contributed by atoms with Crippen molar-refractivity contribution in [3.63, 3.8) is 0 Å². The van der Waals surface area contributed by atoms with E-state index in [9.17, 15) is 9.59 Å². The molecular formula is C17H27N3O3. The zero-order valence-corrected chi connectivity index (χ0v) is 14.6. The number of benzene rings is 1. The minimum absolute atomic E-state index is 0.0931. The monoisotopic (exact) mass is 321 g/mol. The van der Waals surface area contributed by atoms with Crippen molar-refractivity contribution in [2.45, 2.75) is 33.2 Å². The molecule has 0 fully saturated rings. The summed E-state index contributed by atoms with van der Waals surface area (Å²) >= 11 is 0. The molecule has 128 valence electrons. The van der Waals surface area contributed by atoms with Gasteiger partial charge in [-0.2, -0.15) is 0 Å². The van der Waals surface area contributed by atoms with Crippen molar-refractivity contribution in [2.75, 3.05) is 32.1 Å². The Morgan fingerprint density at radius 1 is 1.13 bits per heavy atom. The number of amides is 2. The van der Waals surface area contributed by atoms with Gasteiger partial charge in [0.25, 0.3) is 0 Å². The summed E-state index contributed by atoms with van der Waals surface area (Å²) in [4.78, 5) is 25.9. The number of nitrogens with zero attached hydrogens (tertiary/aromatic N) is 1. The first-order chi connectivity index (χ1) is 10.7. The molecule has 23 heavy (non-hydrogen) atoms. The molecule has 0 aliphatic carbocycles. The average Bonchev–Trinajstić information content (AvgIpc) is 2.45. The molecule has 6 nitrogen and oxygen atoms in total. The number of likely N-dealkylation sites (N-methyl/N-ethyl adjacent to an activating group) is 1. The Labute approximate surface area is 138 Å². The van der Waals surface area contributed by atoms with Crippen LogP contribution in [-0.4, -0.2) is 49.0 Å². The highest BCUT2D eigenvalue weighted by atomic mass is 16.5. The maximum absolute atomic E-state index is 12.2. The molecule has 0 aromatic heterocycles. The second-order valence-corrected chi connectivity index (χ2v) is 6.35. The molecule has 0 spiro atoms. The molecule has 0 saturated heterocycles. The Kier molecular flexibility index (Phi) is 7.03. The lowest BCUT2D eigenvalue weighted by Crippen LogP contribution is -2.47. The zero-order chi connectivity index (χ0) is 17.5. The predicted molar refractivity (Wildman–Crippen MR) is 91.6 cm³/mol. The van der Waals surface area contributed by atoms with Crippen LogP contribution in [0.2, 0.25) is 0 Å². The third-order valence-corrected chi connectivity index (χ3v) is 3.08. The Balaban J connectivity index is 2.58. The largest absolute Gasteiger partial charge is 0.495 e. The highest BCUT2D eigenvalue weighted by Gasteiger charge is 2.18. The molecule has 1 aromatic carbocycles. The van der Waals surface area contributed by atoms with E-state index in [4.69, 9.17) is 4.74 Å². The van der Waals surface area contributed by atoms with Crippen LogP contribution in [0.4, 0.5) is 5.69 Å². The first-order valence-electron chi connectivity index (χ1n) is 7.71. The summed E-state index contributed by atoms with van der Waals surface area (Å²) in [5.41, 5.74) is 0.339. The van der Waals surface area contributed by atoms with E-state index in [1.165, 1.54) is 0 Å². The minimum atomic E-state index is -0.282. The summed E-state index contributed by atoms with van der Waals surface area (Å²) in [7, 11) is 1.56. The number of methoxy groups -OCH3 is 1. The van der Waals surface area contributed by atoms with Gasteiger partial charge >= 0.3 is 0 Å². The first kappa shape index (κ1) is 19.0. The van der Waals surface area contributed by atoms with Crippen molar-refractivity contribution in [1.82, 2.24) is 10.2 Å². The summed E-state index contributed by atoms with van der Waals surface area (Å²) in [6.07, 6.45) is 0. The van der Waals surface area contributed by atoms with Crippen LogP contribution in [0.25, 0.3) is 0 Å². The van der Waals surface area contributed by atoms with E-state index in [-0.39, 0.29) is 30.4 Å². The van der Waals surface area contributed by atoms with E-state index in [1.54, 1.807) is 24.1 Å². The van der Waals surface area contributed by atoms with Gasteiger partial charge in [0.1, 0.15) is 5.75 Å². The van der Waals surface area contributed by atoms with Gasteiger partial charge in [0.15, 0.2) is 0 Å². The van der Waals surface area contributed by atoms with Gasteiger partial charge in [0.2, 0.25) is 11.8 Å². The van der Waals surface area contributed by atoms with E-state index in [0.29, 0.717) is 18.0 Å². The van der Waals surface area contributed by atoms with Crippen LogP contribution in [0.3, 0.4) is 0 Å². The molecule has 1 aromatic rings. The third kappa shape index (κ3) is 7.15. The number of hydrogen-bond donors (Lipinski definition) is 2. The van der Waals surface area contributed by atoms with Gasteiger partial charge in [-0.05, 0) is 39.4 Å². The molecule has 1 rings (SSSR count). The fraction of sp³-hybridized carbons (Fsp3) is 0.529. The SMILES string of the molecule is CCN(CC(=O)Nc1ccccc1OC)CC(=O)NC(C)(C)C. The topological polar surface area (TPSA) is 70.7 Å². The fourth-order valence-electron chi connectivity index (χ4n) is 2.08. The number of ether oxygens (including phenoxy) is 1. The van der Waals surface area contributed by atoms with Crippen molar-refractivity contribution in [2.24, 2.45) is 0 Å². The Bertz CT molecular complexity index is 538. The second kappa shape index (κ2) is 8.53. The van der Waals surface area contributed by atoms with Crippen LogP contribution in [0.1, 0.15) is 27.7 Å². The fourth-order valence-corrected chi connectivity index (χ4v) is 2.08. The predicted octanol–water partition coefficient (Wildman–Crippen LogP) is 1.87. The molecule has 0 heterocycles. The van der Waals surface area contributed by atoms with Gasteiger partial charge in [-0.15, -0.1) is 0 Å². The van der Waals surface area contributed by atoms with Crippen molar-refractivity contribution in [3.05, 3.63) is 24.3 Å². The van der Waals surface area contributed by atoms with Gasteiger partial charge < -0.3 is 15.4 Å². The van der Waals surface area contributed by atoms with Crippen LogP contribution < -0.4 is 15.4 Å². The van der Waals surface area contributed by atoms with Gasteiger partial charge in [0, 0.05) is 5.54 Å². The number of hydrogen-bond acceptors (Lipinski definition) is 4. The molecule has 6 heteroatoms. The quantitative estimate of drug-likeness (QED) is 0.804. The van der Waals surface area contributed by atoms with Gasteiger partial charge in [-0.1, -0.05) is 19.1 Å². The maximum atomic E-state index is 12.2. The molecule has 0 radical (unpaired) electrons. The van der Waals surface area contributed by atoms with Crippen molar-refractivity contribution < 1.29 is 14.3 Å². The molecular weight excluding hydrogens is 294 g/mol. The Hall–Kier alpha value is -2.08. The van der Waals surface area contributed by atoms with Gasteiger partial charge in [0.05, 0.1) is 25.9 Å².